The number of aliphatic hydroxyl groups is 3. The average molecular weight is 389 g/mol. The Bertz CT molecular complexity index is 975. The lowest BCUT2D eigenvalue weighted by Gasteiger charge is -2.16. The molecule has 1 aliphatic heterocycles. The Hall–Kier alpha value is -2.99. The summed E-state index contributed by atoms with van der Waals surface area (Å²) in [6, 6.07) is 4.24. The highest BCUT2D eigenvalue weighted by atomic mass is 16.6. The molecular weight excluding hydrogens is 370 g/mol. The maximum Gasteiger partial charge on any atom is 0.167 e. The third-order valence-electron chi connectivity index (χ3n) is 4.57. The molecule has 4 atom stereocenters. The lowest BCUT2D eigenvalue weighted by Crippen LogP contribution is -2.33. The monoisotopic (exact) mass is 389 g/mol. The molecule has 2 aromatic heterocycles. The van der Waals surface area contributed by atoms with E-state index in [-0.39, 0.29) is 18.0 Å². The van der Waals surface area contributed by atoms with E-state index < -0.39 is 31.1 Å². The summed E-state index contributed by atoms with van der Waals surface area (Å²) in [5.74, 6) is 0.287. The number of anilines is 1. The minimum atomic E-state index is -1.25. The molecule has 148 valence electrons. The molecule has 0 saturated carbocycles. The van der Waals surface area contributed by atoms with E-state index in [0.717, 1.165) is 0 Å². The Kier molecular flexibility index (Phi) is 4.73. The molecule has 0 bridgehead atoms. The molecule has 1 aromatic carbocycles. The summed E-state index contributed by atoms with van der Waals surface area (Å²) in [6.07, 6.45) is -1.63. The summed E-state index contributed by atoms with van der Waals surface area (Å²) in [6.45, 7) is -0.172. The molecule has 6 N–H and O–H groups in total. The standard InChI is InChI=1S/C17H19N5O6/c23-5-11-13(26)14(27)17(28-11)22-7-21-12-15(19-6-20-16(12)22)18-4-8-1-9(24)3-10(25)2-8/h1-3,6-7,11,13-14,17,23-27H,4-5H2,(H,18,19,20)/t11-,13-,14+,17?/m1/s1. The Morgan fingerprint density at radius 1 is 1.04 bits per heavy atom. The second-order valence-corrected chi connectivity index (χ2v) is 6.49. The number of hydrogen-bond acceptors (Lipinski definition) is 10. The molecule has 1 fully saturated rings. The number of imidazole rings is 1. The van der Waals surface area contributed by atoms with Gasteiger partial charge in [-0.15, -0.1) is 0 Å². The number of hydrogen-bond donors (Lipinski definition) is 6. The molecule has 0 radical (unpaired) electrons. The van der Waals surface area contributed by atoms with E-state index in [1.165, 1.54) is 35.4 Å². The minimum Gasteiger partial charge on any atom is -0.508 e. The van der Waals surface area contributed by atoms with Gasteiger partial charge in [-0.3, -0.25) is 4.57 Å². The van der Waals surface area contributed by atoms with Crippen molar-refractivity contribution < 1.29 is 30.3 Å². The molecule has 1 saturated heterocycles. The van der Waals surface area contributed by atoms with E-state index in [4.69, 9.17) is 4.74 Å². The van der Waals surface area contributed by atoms with Crippen LogP contribution in [-0.4, -0.2) is 70.0 Å². The van der Waals surface area contributed by atoms with Crippen molar-refractivity contribution in [1.82, 2.24) is 19.5 Å². The Balaban J connectivity index is 1.60. The predicted octanol–water partition coefficient (Wildman–Crippen LogP) is -0.539. The lowest BCUT2D eigenvalue weighted by atomic mass is 10.1. The normalized spacial score (nSPS) is 24.7. The fourth-order valence-electron chi connectivity index (χ4n) is 3.22. The van der Waals surface area contributed by atoms with Gasteiger partial charge >= 0.3 is 0 Å². The van der Waals surface area contributed by atoms with Crippen LogP contribution in [0, 0.1) is 0 Å². The number of aromatic nitrogens is 4. The molecule has 0 spiro atoms. The predicted molar refractivity (Wildman–Crippen MR) is 95.4 cm³/mol. The van der Waals surface area contributed by atoms with Crippen LogP contribution >= 0.6 is 0 Å². The number of benzene rings is 1. The number of rotatable bonds is 5. The van der Waals surface area contributed by atoms with Crippen molar-refractivity contribution in [1.29, 1.82) is 0 Å². The molecule has 1 aliphatic rings. The molecule has 11 heteroatoms. The van der Waals surface area contributed by atoms with Gasteiger partial charge in [0, 0.05) is 12.6 Å². The Morgan fingerprint density at radius 2 is 1.79 bits per heavy atom. The van der Waals surface area contributed by atoms with Gasteiger partial charge in [-0.2, -0.15) is 0 Å². The highest BCUT2D eigenvalue weighted by Crippen LogP contribution is 2.32. The van der Waals surface area contributed by atoms with E-state index in [2.05, 4.69) is 20.3 Å². The largest absolute Gasteiger partial charge is 0.508 e. The number of phenolic OH excluding ortho intramolecular Hbond substituents is 2. The number of ether oxygens (including phenoxy) is 1. The molecule has 1 unspecified atom stereocenters. The first kappa shape index (κ1) is 18.4. The van der Waals surface area contributed by atoms with Crippen molar-refractivity contribution in [3.8, 4) is 11.5 Å². The van der Waals surface area contributed by atoms with Crippen LogP contribution in [0.15, 0.2) is 30.9 Å². The quantitative estimate of drug-likeness (QED) is 0.334. The Morgan fingerprint density at radius 3 is 2.46 bits per heavy atom. The van der Waals surface area contributed by atoms with Crippen LogP contribution in [0.5, 0.6) is 11.5 Å². The summed E-state index contributed by atoms with van der Waals surface area (Å²) in [5, 5.41) is 51.6. The fraction of sp³-hybridized carbons (Fsp3) is 0.353. The van der Waals surface area contributed by atoms with Gasteiger partial charge in [-0.05, 0) is 17.7 Å². The van der Waals surface area contributed by atoms with E-state index in [0.29, 0.717) is 22.5 Å². The zero-order valence-corrected chi connectivity index (χ0v) is 14.5. The molecule has 3 aromatic rings. The van der Waals surface area contributed by atoms with Gasteiger partial charge in [0.25, 0.3) is 0 Å². The number of aliphatic hydroxyl groups excluding tert-OH is 3. The van der Waals surface area contributed by atoms with Crippen LogP contribution in [0.25, 0.3) is 11.2 Å². The van der Waals surface area contributed by atoms with Crippen LogP contribution < -0.4 is 5.32 Å². The van der Waals surface area contributed by atoms with Crippen molar-refractivity contribution in [2.45, 2.75) is 31.1 Å². The van der Waals surface area contributed by atoms with Crippen molar-refractivity contribution >= 4 is 17.0 Å². The van der Waals surface area contributed by atoms with Gasteiger partial charge in [0.1, 0.15) is 36.1 Å². The third-order valence-corrected chi connectivity index (χ3v) is 4.57. The number of nitrogens with one attached hydrogen (secondary N) is 1. The highest BCUT2D eigenvalue weighted by Gasteiger charge is 2.44. The van der Waals surface area contributed by atoms with Crippen molar-refractivity contribution in [3.63, 3.8) is 0 Å². The van der Waals surface area contributed by atoms with Crippen molar-refractivity contribution in [2.24, 2.45) is 0 Å². The molecule has 28 heavy (non-hydrogen) atoms. The third kappa shape index (κ3) is 3.20. The van der Waals surface area contributed by atoms with Crippen molar-refractivity contribution in [3.05, 3.63) is 36.4 Å². The number of fused-ring (bicyclic) bond motifs is 1. The summed E-state index contributed by atoms with van der Waals surface area (Å²) >= 11 is 0. The zero-order chi connectivity index (χ0) is 19.8. The minimum absolute atomic E-state index is 0.0572. The number of nitrogens with zero attached hydrogens (tertiary/aromatic N) is 4. The van der Waals surface area contributed by atoms with E-state index >= 15 is 0 Å². The first-order chi connectivity index (χ1) is 13.5. The number of aromatic hydroxyl groups is 2. The van der Waals surface area contributed by atoms with Gasteiger partial charge in [0.15, 0.2) is 23.2 Å². The maximum atomic E-state index is 10.2. The first-order valence-electron chi connectivity index (χ1n) is 8.53. The van der Waals surface area contributed by atoms with Crippen molar-refractivity contribution in [2.75, 3.05) is 11.9 Å². The van der Waals surface area contributed by atoms with Crippen LogP contribution in [-0.2, 0) is 11.3 Å². The summed E-state index contributed by atoms with van der Waals surface area (Å²) in [4.78, 5) is 12.6. The average Bonchev–Trinajstić information content (AvgIpc) is 3.21. The molecule has 0 amide bonds. The molecule has 0 aliphatic carbocycles. The van der Waals surface area contributed by atoms with Crippen LogP contribution in [0.4, 0.5) is 5.82 Å². The number of phenols is 2. The van der Waals surface area contributed by atoms with Gasteiger partial charge < -0.3 is 35.6 Å². The van der Waals surface area contributed by atoms with Gasteiger partial charge in [-0.1, -0.05) is 0 Å². The smallest absolute Gasteiger partial charge is 0.167 e. The van der Waals surface area contributed by atoms with Crippen LogP contribution in [0.1, 0.15) is 11.8 Å². The van der Waals surface area contributed by atoms with E-state index in [1.54, 1.807) is 0 Å². The van der Waals surface area contributed by atoms with Gasteiger partial charge in [0.05, 0.1) is 12.9 Å². The summed E-state index contributed by atoms with van der Waals surface area (Å²) < 4.78 is 6.98. The molecule has 4 rings (SSSR count). The fourth-order valence-corrected chi connectivity index (χ4v) is 3.22. The summed E-state index contributed by atoms with van der Waals surface area (Å²) in [7, 11) is 0. The van der Waals surface area contributed by atoms with Crippen LogP contribution in [0.2, 0.25) is 0 Å². The Labute approximate surface area is 158 Å². The molecule has 11 nitrogen and oxygen atoms in total. The maximum absolute atomic E-state index is 10.2. The SMILES string of the molecule is OC[C@H]1OC(n2cnc3c(NCc4cc(O)cc(O)c4)ncnc32)[C@@H](O)[C@@H]1O. The molecular formula is C17H19N5O6. The van der Waals surface area contributed by atoms with Crippen LogP contribution in [0.3, 0.4) is 0 Å². The van der Waals surface area contributed by atoms with Gasteiger partial charge in [-0.25, -0.2) is 15.0 Å². The van der Waals surface area contributed by atoms with Gasteiger partial charge in [0.2, 0.25) is 0 Å². The topological polar surface area (TPSA) is 166 Å². The summed E-state index contributed by atoms with van der Waals surface area (Å²) in [5.41, 5.74) is 1.41. The highest BCUT2D eigenvalue weighted by molar-refractivity contribution is 5.82. The lowest BCUT2D eigenvalue weighted by molar-refractivity contribution is -0.0511. The van der Waals surface area contributed by atoms with E-state index in [1.807, 2.05) is 0 Å². The first-order valence-corrected chi connectivity index (χ1v) is 8.53. The van der Waals surface area contributed by atoms with E-state index in [9.17, 15) is 25.5 Å². The second kappa shape index (κ2) is 7.20. The second-order valence-electron chi connectivity index (χ2n) is 6.49. The molecule has 3 heterocycles. The zero-order valence-electron chi connectivity index (χ0n) is 14.5.